The predicted octanol–water partition coefficient (Wildman–Crippen LogP) is 2.55. The van der Waals surface area contributed by atoms with E-state index in [2.05, 4.69) is 20.4 Å². The number of nitrogens with one attached hydrogen (secondary N) is 1. The lowest BCUT2D eigenvalue weighted by Crippen LogP contribution is -2.25. The van der Waals surface area contributed by atoms with Crippen molar-refractivity contribution in [2.75, 3.05) is 0 Å². The molecule has 3 aromatic heterocycles. The van der Waals surface area contributed by atoms with Crippen LogP contribution in [-0.4, -0.2) is 25.5 Å². The first kappa shape index (κ1) is 16.0. The minimum Gasteiger partial charge on any atom is -0.441 e. The van der Waals surface area contributed by atoms with Crippen LogP contribution >= 0.6 is 0 Å². The second-order valence-corrected chi connectivity index (χ2v) is 5.90. The highest BCUT2D eigenvalue weighted by Crippen LogP contribution is 2.21. The molecule has 0 saturated heterocycles. The van der Waals surface area contributed by atoms with Crippen LogP contribution in [0.1, 0.15) is 17.0 Å². The highest BCUT2D eigenvalue weighted by atomic mass is 16.4. The molecule has 0 aliphatic carbocycles. The first-order valence-corrected chi connectivity index (χ1v) is 8.26. The molecule has 4 rings (SSSR count). The van der Waals surface area contributed by atoms with Gasteiger partial charge in [-0.05, 0) is 25.1 Å². The van der Waals surface area contributed by atoms with Gasteiger partial charge in [0.05, 0.1) is 18.3 Å². The molecule has 0 bridgehead atoms. The average molecular weight is 347 g/mol. The second kappa shape index (κ2) is 6.79. The van der Waals surface area contributed by atoms with E-state index >= 15 is 0 Å². The monoisotopic (exact) mass is 347 g/mol. The lowest BCUT2D eigenvalue weighted by molar-refractivity contribution is -0.120. The Morgan fingerprint density at radius 3 is 2.92 bits per heavy atom. The fourth-order valence-electron chi connectivity index (χ4n) is 2.71. The van der Waals surface area contributed by atoms with Gasteiger partial charge >= 0.3 is 0 Å². The van der Waals surface area contributed by atoms with Gasteiger partial charge in [0.2, 0.25) is 11.8 Å². The number of rotatable bonds is 5. The van der Waals surface area contributed by atoms with Crippen LogP contribution in [0.4, 0.5) is 0 Å². The summed E-state index contributed by atoms with van der Waals surface area (Å²) in [5.41, 5.74) is 3.12. The van der Waals surface area contributed by atoms with Crippen molar-refractivity contribution in [1.29, 1.82) is 0 Å². The molecule has 0 saturated carbocycles. The van der Waals surface area contributed by atoms with Gasteiger partial charge in [-0.3, -0.25) is 4.79 Å². The Morgan fingerprint density at radius 2 is 2.08 bits per heavy atom. The molecule has 0 fully saturated rings. The molecule has 0 spiro atoms. The number of benzene rings is 1. The Bertz CT molecular complexity index is 1050. The maximum Gasteiger partial charge on any atom is 0.226 e. The summed E-state index contributed by atoms with van der Waals surface area (Å²) in [4.78, 5) is 21.0. The minimum absolute atomic E-state index is 0.128. The lowest BCUT2D eigenvalue weighted by atomic mass is 10.2. The molecule has 1 N–H and O–H groups in total. The van der Waals surface area contributed by atoms with Crippen molar-refractivity contribution in [2.45, 2.75) is 19.9 Å². The van der Waals surface area contributed by atoms with Gasteiger partial charge in [-0.2, -0.15) is 5.10 Å². The summed E-state index contributed by atoms with van der Waals surface area (Å²) in [6, 6.07) is 11.4. The number of aromatic nitrogens is 4. The molecular formula is C19H17N5O2. The smallest absolute Gasteiger partial charge is 0.226 e. The van der Waals surface area contributed by atoms with E-state index in [1.54, 1.807) is 23.0 Å². The van der Waals surface area contributed by atoms with Crippen molar-refractivity contribution in [2.24, 2.45) is 0 Å². The number of hydrogen-bond acceptors (Lipinski definition) is 5. The molecule has 26 heavy (non-hydrogen) atoms. The molecule has 0 aliphatic rings. The van der Waals surface area contributed by atoms with E-state index in [0.717, 1.165) is 16.8 Å². The van der Waals surface area contributed by atoms with Gasteiger partial charge in [0, 0.05) is 30.1 Å². The quantitative estimate of drug-likeness (QED) is 0.600. The van der Waals surface area contributed by atoms with E-state index in [0.29, 0.717) is 23.9 Å². The van der Waals surface area contributed by atoms with Crippen LogP contribution < -0.4 is 5.32 Å². The van der Waals surface area contributed by atoms with Crippen molar-refractivity contribution < 1.29 is 9.21 Å². The zero-order valence-electron chi connectivity index (χ0n) is 14.2. The van der Waals surface area contributed by atoms with Gasteiger partial charge in [-0.25, -0.2) is 14.5 Å². The highest BCUT2D eigenvalue weighted by Gasteiger charge is 2.15. The maximum atomic E-state index is 12.3. The second-order valence-electron chi connectivity index (χ2n) is 5.90. The molecule has 1 amide bonds. The molecule has 0 atom stereocenters. The summed E-state index contributed by atoms with van der Waals surface area (Å²) in [6.45, 7) is 2.18. The van der Waals surface area contributed by atoms with E-state index in [4.69, 9.17) is 4.42 Å². The predicted molar refractivity (Wildman–Crippen MR) is 95.2 cm³/mol. The first-order chi connectivity index (χ1) is 12.7. The Morgan fingerprint density at radius 1 is 1.23 bits per heavy atom. The molecule has 0 radical (unpaired) electrons. The third-order valence-electron chi connectivity index (χ3n) is 4.07. The summed E-state index contributed by atoms with van der Waals surface area (Å²) in [5.74, 6) is 1.05. The van der Waals surface area contributed by atoms with Gasteiger partial charge in [0.25, 0.3) is 0 Å². The Balaban J connectivity index is 1.43. The summed E-state index contributed by atoms with van der Waals surface area (Å²) in [7, 11) is 0. The van der Waals surface area contributed by atoms with E-state index in [1.165, 1.54) is 0 Å². The van der Waals surface area contributed by atoms with Crippen molar-refractivity contribution in [1.82, 2.24) is 24.9 Å². The number of aryl methyl sites for hydroxylation is 1. The van der Waals surface area contributed by atoms with Crippen LogP contribution in [0.15, 0.2) is 59.4 Å². The fourth-order valence-corrected chi connectivity index (χ4v) is 2.71. The fraction of sp³-hybridized carbons (Fsp3) is 0.158. The maximum absolute atomic E-state index is 12.3. The average Bonchev–Trinajstić information content (AvgIpc) is 3.25. The Kier molecular flexibility index (Phi) is 4.18. The summed E-state index contributed by atoms with van der Waals surface area (Å²) in [6.07, 6.45) is 5.38. The van der Waals surface area contributed by atoms with Crippen molar-refractivity contribution in [3.63, 3.8) is 0 Å². The van der Waals surface area contributed by atoms with Crippen LogP contribution in [-0.2, 0) is 17.8 Å². The zero-order valence-corrected chi connectivity index (χ0v) is 14.2. The van der Waals surface area contributed by atoms with Gasteiger partial charge in [0.1, 0.15) is 5.76 Å². The Labute approximate surface area is 149 Å². The number of fused-ring (bicyclic) bond motifs is 1. The molecule has 0 unspecified atom stereocenters. The van der Waals surface area contributed by atoms with E-state index in [-0.39, 0.29) is 12.3 Å². The number of carbonyl (C=O) groups is 1. The molecule has 4 aromatic rings. The molecule has 0 aliphatic heterocycles. The number of hydrogen-bond donors (Lipinski definition) is 1. The SMILES string of the molecule is Cc1oc(-c2ccccc2)nc1CC(=O)NCc1cnn2cccnc12. The molecular weight excluding hydrogens is 330 g/mol. The van der Waals surface area contributed by atoms with Crippen LogP contribution in [0.3, 0.4) is 0 Å². The topological polar surface area (TPSA) is 85.3 Å². The Hall–Kier alpha value is -3.48. The lowest BCUT2D eigenvalue weighted by Gasteiger charge is -2.02. The van der Waals surface area contributed by atoms with Gasteiger partial charge in [-0.15, -0.1) is 0 Å². The summed E-state index contributed by atoms with van der Waals surface area (Å²) < 4.78 is 7.37. The van der Waals surface area contributed by atoms with Crippen LogP contribution in [0.25, 0.3) is 17.1 Å². The molecule has 1 aromatic carbocycles. The van der Waals surface area contributed by atoms with E-state index in [1.807, 2.05) is 43.5 Å². The van der Waals surface area contributed by atoms with E-state index in [9.17, 15) is 4.79 Å². The number of carbonyl (C=O) groups excluding carboxylic acids is 1. The molecule has 3 heterocycles. The number of oxazole rings is 1. The van der Waals surface area contributed by atoms with Crippen LogP contribution in [0, 0.1) is 6.92 Å². The highest BCUT2D eigenvalue weighted by molar-refractivity contribution is 5.78. The number of amides is 1. The minimum atomic E-state index is -0.128. The van der Waals surface area contributed by atoms with Crippen LogP contribution in [0.2, 0.25) is 0 Å². The van der Waals surface area contributed by atoms with Crippen molar-refractivity contribution in [3.05, 3.63) is 72.0 Å². The summed E-state index contributed by atoms with van der Waals surface area (Å²) >= 11 is 0. The normalized spacial score (nSPS) is 11.0. The molecule has 7 heteroatoms. The molecule has 130 valence electrons. The largest absolute Gasteiger partial charge is 0.441 e. The summed E-state index contributed by atoms with van der Waals surface area (Å²) in [5, 5.41) is 7.10. The van der Waals surface area contributed by atoms with Crippen molar-refractivity contribution in [3.8, 4) is 11.5 Å². The van der Waals surface area contributed by atoms with Gasteiger partial charge in [-0.1, -0.05) is 18.2 Å². The third-order valence-corrected chi connectivity index (χ3v) is 4.07. The molecule has 7 nitrogen and oxygen atoms in total. The first-order valence-electron chi connectivity index (χ1n) is 8.26. The third kappa shape index (κ3) is 3.19. The van der Waals surface area contributed by atoms with E-state index < -0.39 is 0 Å². The standard InChI is InChI=1S/C19H17N5O2/c1-13-16(23-19(26-13)14-6-3-2-4-7-14)10-17(25)21-11-15-12-22-24-9-5-8-20-18(15)24/h2-9,12H,10-11H2,1H3,(H,21,25). The van der Waals surface area contributed by atoms with Gasteiger partial charge < -0.3 is 9.73 Å². The number of nitrogens with zero attached hydrogens (tertiary/aromatic N) is 4. The van der Waals surface area contributed by atoms with Crippen LogP contribution in [0.5, 0.6) is 0 Å². The van der Waals surface area contributed by atoms with Crippen molar-refractivity contribution >= 4 is 11.6 Å². The zero-order chi connectivity index (χ0) is 17.9. The van der Waals surface area contributed by atoms with Gasteiger partial charge in [0.15, 0.2) is 5.65 Å².